The Morgan fingerprint density at radius 1 is 0.972 bits per heavy atom. The highest BCUT2D eigenvalue weighted by atomic mass is 35.5. The van der Waals surface area contributed by atoms with Crippen LogP contribution in [0.2, 0.25) is 5.02 Å². The van der Waals surface area contributed by atoms with Gasteiger partial charge >= 0.3 is 0 Å². The number of ether oxygens (including phenoxy) is 4. The first kappa shape index (κ1) is 26.4. The molecule has 0 aliphatic heterocycles. The molecule has 10 heteroatoms. The molecule has 0 saturated heterocycles. The molecule has 0 aliphatic carbocycles. The number of hydrazone groups is 1. The van der Waals surface area contributed by atoms with Gasteiger partial charge in [-0.2, -0.15) is 5.10 Å². The third-order valence-corrected chi connectivity index (χ3v) is 5.05. The number of carbonyl (C=O) groups excluding carboxylic acids is 2. The van der Waals surface area contributed by atoms with Crippen molar-refractivity contribution in [3.8, 4) is 23.0 Å². The number of anilines is 1. The molecule has 2 amide bonds. The summed E-state index contributed by atoms with van der Waals surface area (Å²) in [7, 11) is 3.09. The minimum atomic E-state index is -0.399. The molecule has 36 heavy (non-hydrogen) atoms. The molecule has 3 rings (SSSR count). The smallest absolute Gasteiger partial charge is 0.271 e. The first-order valence-corrected chi connectivity index (χ1v) is 11.3. The Bertz CT molecular complexity index is 1230. The van der Waals surface area contributed by atoms with Crippen LogP contribution < -0.4 is 29.7 Å². The van der Waals surface area contributed by atoms with E-state index in [0.717, 1.165) is 0 Å². The molecule has 0 fully saturated rings. The lowest BCUT2D eigenvalue weighted by Crippen LogP contribution is -2.20. The molecule has 0 aromatic heterocycles. The summed E-state index contributed by atoms with van der Waals surface area (Å²) in [5, 5.41) is 6.94. The summed E-state index contributed by atoms with van der Waals surface area (Å²) in [5.41, 5.74) is 4.01. The van der Waals surface area contributed by atoms with Crippen LogP contribution in [0.5, 0.6) is 23.0 Å². The summed E-state index contributed by atoms with van der Waals surface area (Å²) in [4.78, 5) is 24.6. The molecule has 0 radical (unpaired) electrons. The van der Waals surface area contributed by atoms with E-state index in [4.69, 9.17) is 30.5 Å². The Hall–Kier alpha value is -4.24. The van der Waals surface area contributed by atoms with Crippen molar-refractivity contribution in [3.05, 3.63) is 76.8 Å². The first-order chi connectivity index (χ1) is 17.4. The normalized spacial score (nSPS) is 10.6. The zero-order chi connectivity index (χ0) is 25.9. The number of methoxy groups -OCH3 is 2. The van der Waals surface area contributed by atoms with Gasteiger partial charge < -0.3 is 24.3 Å². The fourth-order valence-electron chi connectivity index (χ4n) is 3.07. The topological polar surface area (TPSA) is 107 Å². The molecular weight excluding hydrogens is 486 g/mol. The van der Waals surface area contributed by atoms with Gasteiger partial charge in [0.15, 0.2) is 18.1 Å². The first-order valence-electron chi connectivity index (χ1n) is 10.9. The number of hydrogen-bond donors (Lipinski definition) is 2. The molecule has 0 spiro atoms. The standard InChI is InChI=1S/C26H26ClN3O6/c1-4-35-23-13-17(15-28-30-26(32)18-6-5-7-21(14-18)34-3)12-22(27)25(23)36-16-24(31)29-19-8-10-20(33-2)11-9-19/h5-15H,4,16H2,1-3H3,(H,29,31)(H,30,32)/b28-15+. The number of nitrogens with zero attached hydrogens (tertiary/aromatic N) is 1. The predicted molar refractivity (Wildman–Crippen MR) is 138 cm³/mol. The van der Waals surface area contributed by atoms with Crippen LogP contribution in [-0.2, 0) is 4.79 Å². The van der Waals surface area contributed by atoms with E-state index in [9.17, 15) is 9.59 Å². The van der Waals surface area contributed by atoms with Gasteiger partial charge in [0.25, 0.3) is 11.8 Å². The van der Waals surface area contributed by atoms with Crippen LogP contribution >= 0.6 is 11.6 Å². The summed E-state index contributed by atoms with van der Waals surface area (Å²) in [6.45, 7) is 1.87. The maximum Gasteiger partial charge on any atom is 0.271 e. The van der Waals surface area contributed by atoms with Crippen molar-refractivity contribution >= 4 is 35.3 Å². The van der Waals surface area contributed by atoms with Crippen LogP contribution in [0.3, 0.4) is 0 Å². The monoisotopic (exact) mass is 511 g/mol. The maximum absolute atomic E-state index is 12.3. The molecule has 2 N–H and O–H groups in total. The number of hydrogen-bond acceptors (Lipinski definition) is 7. The highest BCUT2D eigenvalue weighted by Crippen LogP contribution is 2.36. The van der Waals surface area contributed by atoms with Gasteiger partial charge in [-0.3, -0.25) is 9.59 Å². The summed E-state index contributed by atoms with van der Waals surface area (Å²) < 4.78 is 21.5. The predicted octanol–water partition coefficient (Wildman–Crippen LogP) is 4.54. The van der Waals surface area contributed by atoms with Crippen LogP contribution in [0.25, 0.3) is 0 Å². The molecule has 3 aromatic rings. The van der Waals surface area contributed by atoms with Gasteiger partial charge in [-0.05, 0) is 67.1 Å². The molecule has 0 unspecified atom stereocenters. The van der Waals surface area contributed by atoms with Crippen LogP contribution in [0.1, 0.15) is 22.8 Å². The van der Waals surface area contributed by atoms with Crippen molar-refractivity contribution in [2.75, 3.05) is 32.8 Å². The molecule has 0 heterocycles. The Morgan fingerprint density at radius 2 is 1.72 bits per heavy atom. The van der Waals surface area contributed by atoms with Gasteiger partial charge in [-0.15, -0.1) is 0 Å². The van der Waals surface area contributed by atoms with Crippen molar-refractivity contribution in [2.24, 2.45) is 5.10 Å². The second-order valence-electron chi connectivity index (χ2n) is 7.26. The van der Waals surface area contributed by atoms with Crippen molar-refractivity contribution < 1.29 is 28.5 Å². The molecule has 9 nitrogen and oxygen atoms in total. The lowest BCUT2D eigenvalue weighted by Gasteiger charge is -2.14. The molecule has 0 atom stereocenters. The molecule has 0 bridgehead atoms. The quantitative estimate of drug-likeness (QED) is 0.289. The SMILES string of the molecule is CCOc1cc(/C=N/NC(=O)c2cccc(OC)c2)cc(Cl)c1OCC(=O)Nc1ccc(OC)cc1. The summed E-state index contributed by atoms with van der Waals surface area (Å²) in [6, 6.07) is 16.8. The van der Waals surface area contributed by atoms with E-state index < -0.39 is 5.91 Å². The lowest BCUT2D eigenvalue weighted by atomic mass is 10.2. The van der Waals surface area contributed by atoms with Gasteiger partial charge in [0.1, 0.15) is 11.5 Å². The summed E-state index contributed by atoms with van der Waals surface area (Å²) in [5.74, 6) is 1.03. The number of amides is 2. The third-order valence-electron chi connectivity index (χ3n) is 4.76. The Morgan fingerprint density at radius 3 is 2.42 bits per heavy atom. The molecule has 3 aromatic carbocycles. The van der Waals surface area contributed by atoms with Gasteiger partial charge in [-0.1, -0.05) is 17.7 Å². The van der Waals surface area contributed by atoms with Gasteiger partial charge in [0, 0.05) is 11.3 Å². The van der Waals surface area contributed by atoms with E-state index in [0.29, 0.717) is 40.7 Å². The second-order valence-corrected chi connectivity index (χ2v) is 7.67. The van der Waals surface area contributed by atoms with E-state index in [-0.39, 0.29) is 23.3 Å². The van der Waals surface area contributed by atoms with Crippen molar-refractivity contribution in [1.82, 2.24) is 5.43 Å². The van der Waals surface area contributed by atoms with Crippen molar-refractivity contribution in [3.63, 3.8) is 0 Å². The number of halogens is 1. The van der Waals surface area contributed by atoms with Crippen LogP contribution in [0, 0.1) is 0 Å². The third kappa shape index (κ3) is 7.38. The van der Waals surface area contributed by atoms with Crippen LogP contribution in [-0.4, -0.2) is 45.5 Å². The number of benzene rings is 3. The van der Waals surface area contributed by atoms with Crippen LogP contribution in [0.15, 0.2) is 65.8 Å². The van der Waals surface area contributed by atoms with E-state index in [1.165, 1.54) is 13.3 Å². The molecular formula is C26H26ClN3O6. The molecule has 188 valence electrons. The van der Waals surface area contributed by atoms with E-state index >= 15 is 0 Å². The second kappa shape index (κ2) is 13.0. The van der Waals surface area contributed by atoms with Crippen LogP contribution in [0.4, 0.5) is 5.69 Å². The van der Waals surface area contributed by atoms with E-state index in [1.54, 1.807) is 67.8 Å². The highest BCUT2D eigenvalue weighted by molar-refractivity contribution is 6.32. The summed E-state index contributed by atoms with van der Waals surface area (Å²) in [6.07, 6.45) is 1.42. The number of carbonyl (C=O) groups is 2. The van der Waals surface area contributed by atoms with Crippen molar-refractivity contribution in [1.29, 1.82) is 0 Å². The highest BCUT2D eigenvalue weighted by Gasteiger charge is 2.14. The lowest BCUT2D eigenvalue weighted by molar-refractivity contribution is -0.118. The average Bonchev–Trinajstić information content (AvgIpc) is 2.88. The van der Waals surface area contributed by atoms with E-state index in [2.05, 4.69) is 15.8 Å². The average molecular weight is 512 g/mol. The summed E-state index contributed by atoms with van der Waals surface area (Å²) >= 11 is 6.40. The van der Waals surface area contributed by atoms with Gasteiger partial charge in [0.2, 0.25) is 0 Å². The minimum Gasteiger partial charge on any atom is -0.497 e. The largest absolute Gasteiger partial charge is 0.497 e. The number of nitrogens with one attached hydrogen (secondary N) is 2. The fourth-order valence-corrected chi connectivity index (χ4v) is 3.34. The maximum atomic E-state index is 12.3. The van der Waals surface area contributed by atoms with E-state index in [1.807, 2.05) is 6.92 Å². The van der Waals surface area contributed by atoms with Gasteiger partial charge in [0.05, 0.1) is 32.1 Å². The van der Waals surface area contributed by atoms with Crippen molar-refractivity contribution in [2.45, 2.75) is 6.92 Å². The zero-order valence-electron chi connectivity index (χ0n) is 20.0. The number of rotatable bonds is 11. The Kier molecular flexibility index (Phi) is 9.53. The van der Waals surface area contributed by atoms with Gasteiger partial charge in [-0.25, -0.2) is 5.43 Å². The minimum absolute atomic E-state index is 0.221. The zero-order valence-corrected chi connectivity index (χ0v) is 20.8. The Balaban J connectivity index is 1.64. The molecule has 0 saturated carbocycles. The Labute approximate surface area is 214 Å². The fraction of sp³-hybridized carbons (Fsp3) is 0.192. The molecule has 0 aliphatic rings.